The lowest BCUT2D eigenvalue weighted by Crippen LogP contribution is -2.36. The molecule has 11 heavy (non-hydrogen) atoms. The predicted molar refractivity (Wildman–Crippen MR) is 41.7 cm³/mol. The van der Waals surface area contributed by atoms with Gasteiger partial charge in [0.2, 0.25) is 0 Å². The molecule has 2 saturated heterocycles. The summed E-state index contributed by atoms with van der Waals surface area (Å²) < 4.78 is 0. The van der Waals surface area contributed by atoms with Crippen LogP contribution in [0, 0.1) is 11.5 Å². The maximum Gasteiger partial charge on any atom is 0.176 e. The average Bonchev–Trinajstić information content (AvgIpc) is 2.53. The fourth-order valence-electron chi connectivity index (χ4n) is 2.33. The first-order valence-corrected chi connectivity index (χ1v) is 4.30. The van der Waals surface area contributed by atoms with Crippen LogP contribution in [0.5, 0.6) is 0 Å². The van der Waals surface area contributed by atoms with E-state index in [0.717, 1.165) is 6.42 Å². The van der Waals surface area contributed by atoms with Crippen molar-refractivity contribution < 1.29 is 0 Å². The lowest BCUT2D eigenvalue weighted by molar-refractivity contribution is 0.307. The topological polar surface area (TPSA) is 39.1 Å². The highest BCUT2D eigenvalue weighted by Gasteiger charge is 2.36. The summed E-state index contributed by atoms with van der Waals surface area (Å²) in [5.41, 5.74) is 0. The van der Waals surface area contributed by atoms with Gasteiger partial charge in [-0.05, 0) is 25.8 Å². The molecule has 0 aromatic rings. The second-order valence-electron chi connectivity index (χ2n) is 3.40. The van der Waals surface area contributed by atoms with Gasteiger partial charge in [-0.2, -0.15) is 5.26 Å². The Hall–Kier alpha value is -0.750. The molecule has 0 aromatic carbocycles. The van der Waals surface area contributed by atoms with Crippen molar-refractivity contribution in [3.63, 3.8) is 0 Å². The lowest BCUT2D eigenvalue weighted by Gasteiger charge is -2.18. The van der Waals surface area contributed by atoms with E-state index in [2.05, 4.69) is 10.2 Å². The third kappa shape index (κ3) is 1.08. The van der Waals surface area contributed by atoms with Crippen LogP contribution in [0.4, 0.5) is 0 Å². The number of hydrogen-bond donors (Lipinski definition) is 1. The van der Waals surface area contributed by atoms with Crippen molar-refractivity contribution in [2.24, 2.45) is 0 Å². The van der Waals surface area contributed by atoms with Crippen molar-refractivity contribution in [2.75, 3.05) is 13.1 Å². The maximum absolute atomic E-state index is 8.47. The number of nitriles is 1. The van der Waals surface area contributed by atoms with Crippen molar-refractivity contribution in [1.82, 2.24) is 10.2 Å². The summed E-state index contributed by atoms with van der Waals surface area (Å²) in [6, 6.07) is 1.11. The largest absolute Gasteiger partial charge is 0.319 e. The highest BCUT2D eigenvalue weighted by atomic mass is 15.2. The van der Waals surface area contributed by atoms with Gasteiger partial charge in [0, 0.05) is 12.6 Å². The van der Waals surface area contributed by atoms with Crippen molar-refractivity contribution >= 4 is 0 Å². The van der Waals surface area contributed by atoms with Crippen LogP contribution in [0.2, 0.25) is 0 Å². The standard InChI is InChI=1S/C8H13N3/c9-6-10-7-3-5-11-4-1-2-8(7)11/h7-8,10H,1-5H2. The zero-order valence-corrected chi connectivity index (χ0v) is 6.58. The van der Waals surface area contributed by atoms with E-state index >= 15 is 0 Å². The van der Waals surface area contributed by atoms with E-state index in [-0.39, 0.29) is 0 Å². The SMILES string of the molecule is N#CNC1CCN2CCCC12. The second kappa shape index (κ2) is 2.71. The monoisotopic (exact) mass is 151 g/mol. The highest BCUT2D eigenvalue weighted by molar-refractivity contribution is 4.97. The minimum Gasteiger partial charge on any atom is -0.319 e. The highest BCUT2D eigenvalue weighted by Crippen LogP contribution is 2.27. The Labute approximate surface area is 67.0 Å². The first-order chi connectivity index (χ1) is 5.42. The lowest BCUT2D eigenvalue weighted by atomic mass is 10.1. The maximum atomic E-state index is 8.47. The quantitative estimate of drug-likeness (QED) is 0.432. The van der Waals surface area contributed by atoms with Gasteiger partial charge in [0.25, 0.3) is 0 Å². The van der Waals surface area contributed by atoms with E-state index in [4.69, 9.17) is 5.26 Å². The summed E-state index contributed by atoms with van der Waals surface area (Å²) in [6.45, 7) is 2.43. The first-order valence-electron chi connectivity index (χ1n) is 4.30. The van der Waals surface area contributed by atoms with Crippen LogP contribution in [0.15, 0.2) is 0 Å². The smallest absolute Gasteiger partial charge is 0.176 e. The molecule has 2 heterocycles. The van der Waals surface area contributed by atoms with E-state index in [9.17, 15) is 0 Å². The van der Waals surface area contributed by atoms with Crippen LogP contribution in [0.1, 0.15) is 19.3 Å². The van der Waals surface area contributed by atoms with Crippen molar-refractivity contribution in [3.8, 4) is 6.19 Å². The zero-order chi connectivity index (χ0) is 7.68. The molecule has 2 aliphatic heterocycles. The summed E-state index contributed by atoms with van der Waals surface area (Å²) in [7, 11) is 0. The summed E-state index contributed by atoms with van der Waals surface area (Å²) in [4.78, 5) is 2.50. The fraction of sp³-hybridized carbons (Fsp3) is 0.875. The Morgan fingerprint density at radius 2 is 2.27 bits per heavy atom. The normalized spacial score (nSPS) is 36.6. The number of fused-ring (bicyclic) bond motifs is 1. The molecule has 60 valence electrons. The summed E-state index contributed by atoms with van der Waals surface area (Å²) in [5, 5.41) is 11.3. The average molecular weight is 151 g/mol. The molecule has 0 aromatic heterocycles. The van der Waals surface area contributed by atoms with E-state index in [1.54, 1.807) is 0 Å². The van der Waals surface area contributed by atoms with Crippen molar-refractivity contribution in [1.29, 1.82) is 5.26 Å². The molecular weight excluding hydrogens is 138 g/mol. The van der Waals surface area contributed by atoms with Gasteiger partial charge in [0.15, 0.2) is 6.19 Å². The Bertz CT molecular complexity index is 184. The second-order valence-corrected chi connectivity index (χ2v) is 3.40. The van der Waals surface area contributed by atoms with Gasteiger partial charge < -0.3 is 5.32 Å². The Morgan fingerprint density at radius 1 is 1.36 bits per heavy atom. The van der Waals surface area contributed by atoms with Gasteiger partial charge >= 0.3 is 0 Å². The van der Waals surface area contributed by atoms with Gasteiger partial charge in [-0.3, -0.25) is 4.90 Å². The molecule has 3 heteroatoms. The summed E-state index contributed by atoms with van der Waals surface area (Å²) in [6.07, 6.45) is 5.79. The molecule has 2 rings (SSSR count). The van der Waals surface area contributed by atoms with Crippen LogP contribution in [0.3, 0.4) is 0 Å². The van der Waals surface area contributed by atoms with Gasteiger partial charge in [-0.1, -0.05) is 0 Å². The summed E-state index contributed by atoms with van der Waals surface area (Å²) >= 11 is 0. The zero-order valence-electron chi connectivity index (χ0n) is 6.58. The minimum absolute atomic E-state index is 0.447. The molecule has 0 amide bonds. The fourth-order valence-corrected chi connectivity index (χ4v) is 2.33. The Morgan fingerprint density at radius 3 is 3.09 bits per heavy atom. The van der Waals surface area contributed by atoms with Crippen LogP contribution in [0.25, 0.3) is 0 Å². The molecule has 2 atom stereocenters. The van der Waals surface area contributed by atoms with Crippen molar-refractivity contribution in [2.45, 2.75) is 31.3 Å². The van der Waals surface area contributed by atoms with Crippen molar-refractivity contribution in [3.05, 3.63) is 0 Å². The first kappa shape index (κ1) is 6.93. The van der Waals surface area contributed by atoms with E-state index in [1.165, 1.54) is 25.9 Å². The van der Waals surface area contributed by atoms with Crippen LogP contribution < -0.4 is 5.32 Å². The predicted octanol–water partition coefficient (Wildman–Crippen LogP) is 0.294. The Balaban J connectivity index is 1.98. The molecule has 0 radical (unpaired) electrons. The molecule has 2 unspecified atom stereocenters. The molecule has 2 aliphatic rings. The molecule has 1 N–H and O–H groups in total. The third-order valence-corrected chi connectivity index (χ3v) is 2.86. The molecular formula is C8H13N3. The molecule has 3 nitrogen and oxygen atoms in total. The third-order valence-electron chi connectivity index (χ3n) is 2.86. The van der Waals surface area contributed by atoms with Crippen LogP contribution in [-0.4, -0.2) is 30.1 Å². The minimum atomic E-state index is 0.447. The number of hydrogen-bond acceptors (Lipinski definition) is 3. The van der Waals surface area contributed by atoms with E-state index in [1.807, 2.05) is 6.19 Å². The van der Waals surface area contributed by atoms with Gasteiger partial charge in [0.05, 0.1) is 6.04 Å². The number of rotatable bonds is 1. The molecule has 0 saturated carbocycles. The van der Waals surface area contributed by atoms with Crippen LogP contribution in [-0.2, 0) is 0 Å². The molecule has 0 aliphatic carbocycles. The number of nitrogens with zero attached hydrogens (tertiary/aromatic N) is 2. The number of nitrogens with one attached hydrogen (secondary N) is 1. The summed E-state index contributed by atoms with van der Waals surface area (Å²) in [5.74, 6) is 0. The molecule has 0 spiro atoms. The van der Waals surface area contributed by atoms with Crippen LogP contribution >= 0.6 is 0 Å². The van der Waals surface area contributed by atoms with Gasteiger partial charge in [-0.25, -0.2) is 0 Å². The van der Waals surface area contributed by atoms with E-state index in [0.29, 0.717) is 12.1 Å². The van der Waals surface area contributed by atoms with Gasteiger partial charge in [0.1, 0.15) is 0 Å². The Kier molecular flexibility index (Phi) is 1.71. The van der Waals surface area contributed by atoms with Gasteiger partial charge in [-0.15, -0.1) is 0 Å². The molecule has 2 fully saturated rings. The van der Waals surface area contributed by atoms with E-state index < -0.39 is 0 Å². The molecule has 0 bridgehead atoms.